The van der Waals surface area contributed by atoms with Crippen LogP contribution >= 0.6 is 0 Å². The van der Waals surface area contributed by atoms with Gasteiger partial charge in [0.2, 0.25) is 5.91 Å². The lowest BCUT2D eigenvalue weighted by atomic mass is 9.95. The van der Waals surface area contributed by atoms with Crippen molar-refractivity contribution in [2.75, 3.05) is 20.1 Å². The molecule has 0 bridgehead atoms. The second-order valence-corrected chi connectivity index (χ2v) is 5.91. The van der Waals surface area contributed by atoms with Crippen LogP contribution in [0.4, 0.5) is 0 Å². The number of rotatable bonds is 7. The van der Waals surface area contributed by atoms with Gasteiger partial charge in [-0.15, -0.1) is 0 Å². The van der Waals surface area contributed by atoms with E-state index in [1.165, 1.54) is 19.3 Å². The molecule has 1 aliphatic rings. The van der Waals surface area contributed by atoms with Gasteiger partial charge in [-0.05, 0) is 25.0 Å². The fourth-order valence-corrected chi connectivity index (χ4v) is 2.82. The molecule has 0 radical (unpaired) electrons. The summed E-state index contributed by atoms with van der Waals surface area (Å²) in [7, 11) is 1.73. The number of hydrogen-bond acceptors (Lipinski definition) is 3. The smallest absolute Gasteiger partial charge is 0.221 e. The molecule has 3 N–H and O–H groups in total. The van der Waals surface area contributed by atoms with Gasteiger partial charge in [0.15, 0.2) is 5.96 Å². The zero-order valence-corrected chi connectivity index (χ0v) is 13.9. The number of guanidine groups is 1. The first-order valence-electron chi connectivity index (χ1n) is 8.54. The van der Waals surface area contributed by atoms with E-state index in [2.05, 4.69) is 20.9 Å². The lowest BCUT2D eigenvalue weighted by molar-refractivity contribution is -0.121. The third-order valence-electron chi connectivity index (χ3n) is 4.08. The van der Waals surface area contributed by atoms with Crippen LogP contribution in [0.3, 0.4) is 0 Å². The molecule has 23 heavy (non-hydrogen) atoms. The highest BCUT2D eigenvalue weighted by Crippen LogP contribution is 2.17. The van der Waals surface area contributed by atoms with Crippen LogP contribution in [0.15, 0.2) is 27.8 Å². The van der Waals surface area contributed by atoms with Crippen LogP contribution in [0.25, 0.3) is 0 Å². The molecule has 0 spiro atoms. The van der Waals surface area contributed by atoms with Gasteiger partial charge in [0.1, 0.15) is 5.76 Å². The minimum absolute atomic E-state index is 0.121. The zero-order chi connectivity index (χ0) is 16.3. The molecule has 1 fully saturated rings. The number of amides is 1. The van der Waals surface area contributed by atoms with E-state index in [1.54, 1.807) is 13.3 Å². The number of carbonyl (C=O) groups excluding carboxylic acids is 1. The minimum Gasteiger partial charge on any atom is -0.469 e. The van der Waals surface area contributed by atoms with E-state index >= 15 is 0 Å². The third-order valence-corrected chi connectivity index (χ3v) is 4.08. The topological polar surface area (TPSA) is 78.7 Å². The van der Waals surface area contributed by atoms with Crippen molar-refractivity contribution in [3.63, 3.8) is 0 Å². The Morgan fingerprint density at radius 2 is 2.04 bits per heavy atom. The Balaban J connectivity index is 1.56. The summed E-state index contributed by atoms with van der Waals surface area (Å²) < 4.78 is 5.28. The molecule has 1 aromatic heterocycles. The van der Waals surface area contributed by atoms with Crippen molar-refractivity contribution in [1.82, 2.24) is 16.0 Å². The highest BCUT2D eigenvalue weighted by molar-refractivity contribution is 5.81. The van der Waals surface area contributed by atoms with E-state index in [4.69, 9.17) is 4.42 Å². The number of hydrogen-bond donors (Lipinski definition) is 3. The van der Waals surface area contributed by atoms with Crippen molar-refractivity contribution in [3.05, 3.63) is 24.2 Å². The highest BCUT2D eigenvalue weighted by Gasteiger charge is 2.15. The van der Waals surface area contributed by atoms with Crippen LogP contribution in [0, 0.1) is 0 Å². The van der Waals surface area contributed by atoms with Crippen molar-refractivity contribution in [2.45, 2.75) is 51.0 Å². The molecule has 0 aromatic carbocycles. The predicted octanol–water partition coefficient (Wildman–Crippen LogP) is 1.83. The Morgan fingerprint density at radius 3 is 2.74 bits per heavy atom. The third kappa shape index (κ3) is 6.76. The van der Waals surface area contributed by atoms with Gasteiger partial charge in [-0.3, -0.25) is 9.79 Å². The first-order valence-corrected chi connectivity index (χ1v) is 8.54. The molecule has 1 heterocycles. The number of furan rings is 1. The second-order valence-electron chi connectivity index (χ2n) is 5.91. The first kappa shape index (κ1) is 17.4. The summed E-state index contributed by atoms with van der Waals surface area (Å²) in [5.41, 5.74) is 0. The van der Waals surface area contributed by atoms with E-state index in [-0.39, 0.29) is 5.91 Å². The van der Waals surface area contributed by atoms with Crippen molar-refractivity contribution in [2.24, 2.45) is 4.99 Å². The Labute approximate surface area is 138 Å². The molecule has 128 valence electrons. The SMILES string of the molecule is CN=C(NCCC(=O)NC1CCCCC1)NCCc1ccco1. The van der Waals surface area contributed by atoms with Crippen molar-refractivity contribution in [1.29, 1.82) is 0 Å². The summed E-state index contributed by atoms with van der Waals surface area (Å²) in [5, 5.41) is 9.50. The summed E-state index contributed by atoms with van der Waals surface area (Å²) in [4.78, 5) is 16.1. The van der Waals surface area contributed by atoms with E-state index in [1.807, 2.05) is 12.1 Å². The maximum Gasteiger partial charge on any atom is 0.221 e. The average Bonchev–Trinajstić information content (AvgIpc) is 3.07. The quantitative estimate of drug-likeness (QED) is 0.529. The van der Waals surface area contributed by atoms with Gasteiger partial charge in [0, 0.05) is 39.0 Å². The molecular formula is C17H28N4O2. The molecule has 1 aromatic rings. The highest BCUT2D eigenvalue weighted by atomic mass is 16.3. The van der Waals surface area contributed by atoms with Gasteiger partial charge >= 0.3 is 0 Å². The van der Waals surface area contributed by atoms with E-state index in [0.717, 1.165) is 31.6 Å². The van der Waals surface area contributed by atoms with Gasteiger partial charge < -0.3 is 20.4 Å². The molecule has 1 aliphatic carbocycles. The van der Waals surface area contributed by atoms with Gasteiger partial charge in [-0.2, -0.15) is 0 Å². The Morgan fingerprint density at radius 1 is 1.26 bits per heavy atom. The van der Waals surface area contributed by atoms with Gasteiger partial charge in [-0.1, -0.05) is 19.3 Å². The number of aliphatic imine (C=N–C) groups is 1. The molecule has 0 aliphatic heterocycles. The van der Waals surface area contributed by atoms with Crippen molar-refractivity contribution < 1.29 is 9.21 Å². The fraction of sp³-hybridized carbons (Fsp3) is 0.647. The van der Waals surface area contributed by atoms with Crippen LogP contribution in [-0.2, 0) is 11.2 Å². The molecule has 0 atom stereocenters. The molecular weight excluding hydrogens is 292 g/mol. The van der Waals surface area contributed by atoms with Crippen LogP contribution in [0.5, 0.6) is 0 Å². The summed E-state index contributed by atoms with van der Waals surface area (Å²) in [6, 6.07) is 4.21. The first-order chi connectivity index (χ1) is 11.3. The van der Waals surface area contributed by atoms with Crippen LogP contribution < -0.4 is 16.0 Å². The molecule has 1 amide bonds. The second kappa shape index (κ2) is 9.92. The fourth-order valence-electron chi connectivity index (χ4n) is 2.82. The maximum atomic E-state index is 11.9. The molecule has 6 nitrogen and oxygen atoms in total. The molecule has 6 heteroatoms. The summed E-state index contributed by atoms with van der Waals surface area (Å²) >= 11 is 0. The summed E-state index contributed by atoms with van der Waals surface area (Å²) in [6.45, 7) is 1.32. The maximum absolute atomic E-state index is 11.9. The molecule has 1 saturated carbocycles. The van der Waals surface area contributed by atoms with Crippen LogP contribution in [0.1, 0.15) is 44.3 Å². The average molecular weight is 320 g/mol. The van der Waals surface area contributed by atoms with Crippen LogP contribution in [-0.4, -0.2) is 38.0 Å². The number of nitrogens with zero attached hydrogens (tertiary/aromatic N) is 1. The van der Waals surface area contributed by atoms with E-state index < -0.39 is 0 Å². The Bertz CT molecular complexity index is 479. The van der Waals surface area contributed by atoms with E-state index in [9.17, 15) is 4.79 Å². The van der Waals surface area contributed by atoms with E-state index in [0.29, 0.717) is 25.0 Å². The lowest BCUT2D eigenvalue weighted by Crippen LogP contribution is -2.41. The normalized spacial score (nSPS) is 16.1. The number of carbonyl (C=O) groups is 1. The predicted molar refractivity (Wildman–Crippen MR) is 91.4 cm³/mol. The summed E-state index contributed by atoms with van der Waals surface area (Å²) in [6.07, 6.45) is 8.95. The molecule has 2 rings (SSSR count). The Kier molecular flexibility index (Phi) is 7.49. The van der Waals surface area contributed by atoms with Crippen molar-refractivity contribution in [3.8, 4) is 0 Å². The molecule has 0 unspecified atom stereocenters. The number of nitrogens with one attached hydrogen (secondary N) is 3. The largest absolute Gasteiger partial charge is 0.469 e. The van der Waals surface area contributed by atoms with Crippen molar-refractivity contribution >= 4 is 11.9 Å². The van der Waals surface area contributed by atoms with Gasteiger partial charge in [0.25, 0.3) is 0 Å². The van der Waals surface area contributed by atoms with Crippen LogP contribution in [0.2, 0.25) is 0 Å². The zero-order valence-electron chi connectivity index (χ0n) is 13.9. The monoisotopic (exact) mass is 320 g/mol. The lowest BCUT2D eigenvalue weighted by Gasteiger charge is -2.22. The summed E-state index contributed by atoms with van der Waals surface area (Å²) in [5.74, 6) is 1.78. The molecule has 0 saturated heterocycles. The van der Waals surface area contributed by atoms with Gasteiger partial charge in [-0.25, -0.2) is 0 Å². The van der Waals surface area contributed by atoms with Gasteiger partial charge in [0.05, 0.1) is 6.26 Å². The Hall–Kier alpha value is -1.98. The standard InChI is InChI=1S/C17H28N4O2/c1-18-17(19-11-9-15-8-5-13-23-15)20-12-10-16(22)21-14-6-3-2-4-7-14/h5,8,13-14H,2-4,6-7,9-12H2,1H3,(H,21,22)(H2,18,19,20). The minimum atomic E-state index is 0.121.